The summed E-state index contributed by atoms with van der Waals surface area (Å²) < 4.78 is 3.55. The minimum atomic E-state index is -0.203. The highest BCUT2D eigenvalue weighted by Gasteiger charge is 2.31. The fourth-order valence-electron chi connectivity index (χ4n) is 2.96. The molecular weight excluding hydrogens is 394 g/mol. The van der Waals surface area contributed by atoms with Crippen molar-refractivity contribution in [3.8, 4) is 11.4 Å². The van der Waals surface area contributed by atoms with Crippen LogP contribution in [0.4, 0.5) is 0 Å². The Labute approximate surface area is 170 Å². The second-order valence-corrected chi connectivity index (χ2v) is 7.81. The molecule has 1 unspecified atom stereocenters. The third-order valence-corrected chi connectivity index (χ3v) is 5.78. The van der Waals surface area contributed by atoms with Crippen molar-refractivity contribution in [3.05, 3.63) is 77.3 Å². The Morgan fingerprint density at radius 2 is 1.71 bits per heavy atom. The molecule has 9 heteroatoms. The zero-order chi connectivity index (χ0) is 19.1. The highest BCUT2D eigenvalue weighted by molar-refractivity contribution is 8.00. The van der Waals surface area contributed by atoms with Gasteiger partial charge in [0.1, 0.15) is 18.4 Å². The maximum Gasteiger partial charge on any atom is 0.214 e. The van der Waals surface area contributed by atoms with Crippen molar-refractivity contribution in [2.24, 2.45) is 5.10 Å². The topological polar surface area (TPSA) is 73.8 Å². The van der Waals surface area contributed by atoms with E-state index in [2.05, 4.69) is 39.3 Å². The SMILES string of the molecule is Cc1ccc(-c2nnc3n2N=C(c2ccc(Cl)cc2)C(n2cncn2)S3)cc1. The van der Waals surface area contributed by atoms with Gasteiger partial charge in [0, 0.05) is 16.1 Å². The first-order valence-corrected chi connectivity index (χ1v) is 9.83. The van der Waals surface area contributed by atoms with Crippen molar-refractivity contribution in [3.63, 3.8) is 0 Å². The summed E-state index contributed by atoms with van der Waals surface area (Å²) in [6.45, 7) is 2.05. The first-order chi connectivity index (χ1) is 13.7. The number of nitrogens with zero attached hydrogens (tertiary/aromatic N) is 7. The van der Waals surface area contributed by atoms with Crippen LogP contribution in [0, 0.1) is 6.92 Å². The van der Waals surface area contributed by atoms with E-state index in [0.717, 1.165) is 16.8 Å². The summed E-state index contributed by atoms with van der Waals surface area (Å²) in [7, 11) is 0. The van der Waals surface area contributed by atoms with Crippen LogP contribution in [0.5, 0.6) is 0 Å². The molecule has 5 rings (SSSR count). The molecule has 0 amide bonds. The number of halogens is 1. The predicted molar refractivity (Wildman–Crippen MR) is 108 cm³/mol. The average Bonchev–Trinajstić information content (AvgIpc) is 3.38. The molecule has 7 nitrogen and oxygen atoms in total. The molecular formula is C19H14ClN7S. The monoisotopic (exact) mass is 407 g/mol. The highest BCUT2D eigenvalue weighted by Crippen LogP contribution is 2.38. The number of aryl methyl sites for hydroxylation is 1. The van der Waals surface area contributed by atoms with E-state index in [4.69, 9.17) is 16.7 Å². The van der Waals surface area contributed by atoms with Gasteiger partial charge < -0.3 is 0 Å². The molecule has 0 fully saturated rings. The minimum Gasteiger partial charge on any atom is -0.233 e. The van der Waals surface area contributed by atoms with Crippen molar-refractivity contribution in [1.29, 1.82) is 0 Å². The van der Waals surface area contributed by atoms with Gasteiger partial charge in [-0.25, -0.2) is 9.67 Å². The molecule has 1 aliphatic heterocycles. The van der Waals surface area contributed by atoms with Crippen molar-refractivity contribution in [2.45, 2.75) is 17.5 Å². The third-order valence-electron chi connectivity index (χ3n) is 4.40. The van der Waals surface area contributed by atoms with Crippen LogP contribution in [-0.4, -0.2) is 35.3 Å². The Kier molecular flexibility index (Phi) is 4.22. The standard InChI is InChI=1S/C19H14ClN7S/c1-12-2-4-14(5-3-12)17-23-24-19-27(17)25-16(13-6-8-15(20)9-7-13)18(28-19)26-11-21-10-22-26/h2-11,18H,1H3. The van der Waals surface area contributed by atoms with E-state index in [1.54, 1.807) is 15.7 Å². The van der Waals surface area contributed by atoms with E-state index in [1.807, 2.05) is 36.4 Å². The number of hydrogen-bond donors (Lipinski definition) is 0. The molecule has 2 aromatic heterocycles. The molecule has 0 saturated carbocycles. The Bertz CT molecular complexity index is 1150. The average molecular weight is 408 g/mol. The molecule has 1 aliphatic rings. The van der Waals surface area contributed by atoms with Gasteiger partial charge in [0.2, 0.25) is 5.16 Å². The van der Waals surface area contributed by atoms with Crippen molar-refractivity contribution in [1.82, 2.24) is 29.6 Å². The number of benzene rings is 2. The third kappa shape index (κ3) is 3.00. The fourth-order valence-corrected chi connectivity index (χ4v) is 4.12. The van der Waals surface area contributed by atoms with Crippen LogP contribution in [0.1, 0.15) is 16.5 Å². The lowest BCUT2D eigenvalue weighted by molar-refractivity contribution is 0.666. The summed E-state index contributed by atoms with van der Waals surface area (Å²) in [6.07, 6.45) is 3.19. The predicted octanol–water partition coefficient (Wildman–Crippen LogP) is 4.06. The lowest BCUT2D eigenvalue weighted by Gasteiger charge is -2.23. The van der Waals surface area contributed by atoms with Crippen LogP contribution in [-0.2, 0) is 0 Å². The van der Waals surface area contributed by atoms with Gasteiger partial charge in [-0.05, 0) is 19.1 Å². The Balaban J connectivity index is 1.66. The lowest BCUT2D eigenvalue weighted by Crippen LogP contribution is -2.23. The number of fused-ring (bicyclic) bond motifs is 1. The summed E-state index contributed by atoms with van der Waals surface area (Å²) in [6, 6.07) is 15.8. The van der Waals surface area contributed by atoms with E-state index in [-0.39, 0.29) is 5.37 Å². The van der Waals surface area contributed by atoms with E-state index in [0.29, 0.717) is 16.0 Å². The summed E-state index contributed by atoms with van der Waals surface area (Å²) in [4.78, 5) is 4.08. The molecule has 28 heavy (non-hydrogen) atoms. The molecule has 0 aliphatic carbocycles. The minimum absolute atomic E-state index is 0.203. The Morgan fingerprint density at radius 1 is 0.964 bits per heavy atom. The molecule has 0 radical (unpaired) electrons. The maximum absolute atomic E-state index is 6.07. The van der Waals surface area contributed by atoms with Gasteiger partial charge in [0.25, 0.3) is 0 Å². The van der Waals surface area contributed by atoms with E-state index in [9.17, 15) is 0 Å². The van der Waals surface area contributed by atoms with Gasteiger partial charge in [0.05, 0.1) is 0 Å². The first-order valence-electron chi connectivity index (χ1n) is 8.57. The Hall–Kier alpha value is -2.97. The second-order valence-electron chi connectivity index (χ2n) is 6.32. The molecule has 3 heterocycles. The van der Waals surface area contributed by atoms with Gasteiger partial charge in [-0.1, -0.05) is 65.3 Å². The molecule has 0 N–H and O–H groups in total. The first kappa shape index (κ1) is 17.2. The summed E-state index contributed by atoms with van der Waals surface area (Å²) in [5, 5.41) is 19.1. The number of aromatic nitrogens is 6. The second kappa shape index (κ2) is 6.88. The van der Waals surface area contributed by atoms with Crippen LogP contribution in [0.3, 0.4) is 0 Å². The molecule has 138 valence electrons. The van der Waals surface area contributed by atoms with Crippen LogP contribution < -0.4 is 0 Å². The van der Waals surface area contributed by atoms with Crippen LogP contribution in [0.2, 0.25) is 5.02 Å². The number of rotatable bonds is 3. The smallest absolute Gasteiger partial charge is 0.214 e. The molecule has 2 aromatic carbocycles. The van der Waals surface area contributed by atoms with E-state index >= 15 is 0 Å². The largest absolute Gasteiger partial charge is 0.233 e. The molecule has 4 aromatic rings. The van der Waals surface area contributed by atoms with Gasteiger partial charge in [0.15, 0.2) is 11.2 Å². The van der Waals surface area contributed by atoms with Gasteiger partial charge >= 0.3 is 0 Å². The summed E-state index contributed by atoms with van der Waals surface area (Å²) in [5.74, 6) is 0.700. The van der Waals surface area contributed by atoms with Crippen LogP contribution >= 0.6 is 23.4 Å². The highest BCUT2D eigenvalue weighted by atomic mass is 35.5. The zero-order valence-corrected chi connectivity index (χ0v) is 16.3. The normalized spacial score (nSPS) is 15.9. The number of hydrogen-bond acceptors (Lipinski definition) is 6. The molecule has 0 spiro atoms. The molecule has 0 saturated heterocycles. The van der Waals surface area contributed by atoms with Crippen molar-refractivity contribution < 1.29 is 0 Å². The van der Waals surface area contributed by atoms with Gasteiger partial charge in [-0.3, -0.25) is 0 Å². The quantitative estimate of drug-likeness (QED) is 0.512. The van der Waals surface area contributed by atoms with E-state index < -0.39 is 0 Å². The molecule has 1 atom stereocenters. The number of thioether (sulfide) groups is 1. The molecule has 0 bridgehead atoms. The Morgan fingerprint density at radius 3 is 2.43 bits per heavy atom. The van der Waals surface area contributed by atoms with E-state index in [1.165, 1.54) is 23.7 Å². The summed E-state index contributed by atoms with van der Waals surface area (Å²) >= 11 is 7.60. The van der Waals surface area contributed by atoms with Crippen LogP contribution in [0.15, 0.2) is 71.4 Å². The van der Waals surface area contributed by atoms with Crippen molar-refractivity contribution >= 4 is 29.1 Å². The van der Waals surface area contributed by atoms with Gasteiger partial charge in [-0.15, -0.1) is 10.2 Å². The van der Waals surface area contributed by atoms with Crippen LogP contribution in [0.25, 0.3) is 11.4 Å². The maximum atomic E-state index is 6.07. The fraction of sp³-hybridized carbons (Fsp3) is 0.105. The lowest BCUT2D eigenvalue weighted by atomic mass is 10.1. The van der Waals surface area contributed by atoms with Crippen molar-refractivity contribution in [2.75, 3.05) is 0 Å². The zero-order valence-electron chi connectivity index (χ0n) is 14.8. The van der Waals surface area contributed by atoms with Gasteiger partial charge in [-0.2, -0.15) is 14.9 Å². The summed E-state index contributed by atoms with van der Waals surface area (Å²) in [5.41, 5.74) is 3.93.